The lowest BCUT2D eigenvalue weighted by Crippen LogP contribution is -2.03. The number of rotatable bonds is 3. The highest BCUT2D eigenvalue weighted by molar-refractivity contribution is 6.30. The first-order valence-corrected chi connectivity index (χ1v) is 5.37. The van der Waals surface area contributed by atoms with E-state index in [1.165, 1.54) is 0 Å². The van der Waals surface area contributed by atoms with Crippen molar-refractivity contribution < 1.29 is 9.53 Å². The molecule has 0 saturated carbocycles. The molecule has 16 heavy (non-hydrogen) atoms. The van der Waals surface area contributed by atoms with Crippen LogP contribution in [0.2, 0.25) is 5.02 Å². The summed E-state index contributed by atoms with van der Waals surface area (Å²) in [5, 5.41) is 0.684. The van der Waals surface area contributed by atoms with Crippen LogP contribution in [0.1, 0.15) is 19.4 Å². The molecule has 0 heterocycles. The Labute approximate surface area is 100 Å². The van der Waals surface area contributed by atoms with Crippen molar-refractivity contribution in [3.8, 4) is 0 Å². The molecule has 0 amide bonds. The van der Waals surface area contributed by atoms with E-state index in [2.05, 4.69) is 5.73 Å². The van der Waals surface area contributed by atoms with Gasteiger partial charge in [0.2, 0.25) is 0 Å². The number of hydrogen-bond acceptors (Lipinski definition) is 2. The van der Waals surface area contributed by atoms with Gasteiger partial charge in [0.15, 0.2) is 0 Å². The summed E-state index contributed by atoms with van der Waals surface area (Å²) in [4.78, 5) is 11.3. The van der Waals surface area contributed by atoms with Crippen molar-refractivity contribution in [1.82, 2.24) is 0 Å². The Morgan fingerprint density at radius 3 is 2.62 bits per heavy atom. The van der Waals surface area contributed by atoms with Crippen LogP contribution < -0.4 is 0 Å². The minimum Gasteiger partial charge on any atom is -0.462 e. The largest absolute Gasteiger partial charge is 0.462 e. The highest BCUT2D eigenvalue weighted by Gasteiger charge is 2.01. The number of hydrogen-bond donors (Lipinski definition) is 0. The molecule has 0 N–H and O–H groups in total. The maximum atomic E-state index is 11.3. The standard InChI is InChI=1S/C13H13ClO2/c1-3-16-13(15)10(2)4-5-11-6-8-12(14)9-7-11/h5-9H,3H2,1-2H3. The highest BCUT2D eigenvalue weighted by atomic mass is 35.5. The lowest BCUT2D eigenvalue weighted by molar-refractivity contribution is -0.138. The molecule has 0 radical (unpaired) electrons. The Morgan fingerprint density at radius 2 is 2.06 bits per heavy atom. The molecular formula is C13H13ClO2. The first-order chi connectivity index (χ1) is 7.63. The number of carbonyl (C=O) groups excluding carboxylic acids is 1. The van der Waals surface area contributed by atoms with Crippen molar-refractivity contribution in [3.63, 3.8) is 0 Å². The van der Waals surface area contributed by atoms with Crippen LogP contribution in [0, 0.1) is 0 Å². The zero-order valence-electron chi connectivity index (χ0n) is 9.29. The van der Waals surface area contributed by atoms with Gasteiger partial charge in [0.1, 0.15) is 0 Å². The summed E-state index contributed by atoms with van der Waals surface area (Å²) < 4.78 is 4.83. The molecule has 0 bridgehead atoms. The molecule has 0 aromatic heterocycles. The molecule has 1 aromatic rings. The van der Waals surface area contributed by atoms with Gasteiger partial charge >= 0.3 is 5.97 Å². The predicted octanol–water partition coefficient (Wildman–Crippen LogP) is 3.46. The number of carbonyl (C=O) groups is 1. The van der Waals surface area contributed by atoms with E-state index in [1.807, 2.05) is 12.1 Å². The number of halogens is 1. The van der Waals surface area contributed by atoms with Gasteiger partial charge in [0.05, 0.1) is 12.2 Å². The first kappa shape index (κ1) is 12.6. The molecule has 2 nitrogen and oxygen atoms in total. The Kier molecular flexibility index (Phi) is 4.84. The second-order valence-corrected chi connectivity index (χ2v) is 3.62. The zero-order valence-corrected chi connectivity index (χ0v) is 10.0. The van der Waals surface area contributed by atoms with E-state index >= 15 is 0 Å². The second-order valence-electron chi connectivity index (χ2n) is 3.19. The zero-order chi connectivity index (χ0) is 12.0. The Balaban J connectivity index is 2.82. The van der Waals surface area contributed by atoms with Crippen molar-refractivity contribution >= 4 is 23.6 Å². The fourth-order valence-corrected chi connectivity index (χ4v) is 1.17. The van der Waals surface area contributed by atoms with E-state index in [-0.39, 0.29) is 5.97 Å². The maximum Gasteiger partial charge on any atom is 0.341 e. The molecule has 0 aliphatic heterocycles. The molecule has 0 atom stereocenters. The molecule has 3 heteroatoms. The fraction of sp³-hybridized carbons (Fsp3) is 0.231. The first-order valence-electron chi connectivity index (χ1n) is 4.99. The highest BCUT2D eigenvalue weighted by Crippen LogP contribution is 2.10. The topological polar surface area (TPSA) is 26.3 Å². The molecular weight excluding hydrogens is 224 g/mol. The van der Waals surface area contributed by atoms with Crippen molar-refractivity contribution in [1.29, 1.82) is 0 Å². The van der Waals surface area contributed by atoms with Crippen LogP contribution in [-0.4, -0.2) is 12.6 Å². The minimum atomic E-state index is -0.340. The third-order valence-electron chi connectivity index (χ3n) is 1.91. The van der Waals surface area contributed by atoms with Crippen LogP contribution in [0.3, 0.4) is 0 Å². The lowest BCUT2D eigenvalue weighted by Gasteiger charge is -1.97. The quantitative estimate of drug-likeness (QED) is 0.456. The van der Waals surface area contributed by atoms with Gasteiger partial charge in [0.25, 0.3) is 0 Å². The molecule has 1 rings (SSSR count). The molecule has 0 unspecified atom stereocenters. The van der Waals surface area contributed by atoms with E-state index < -0.39 is 0 Å². The van der Waals surface area contributed by atoms with Crippen molar-refractivity contribution in [2.24, 2.45) is 0 Å². The third-order valence-corrected chi connectivity index (χ3v) is 2.16. The maximum absolute atomic E-state index is 11.3. The fourth-order valence-electron chi connectivity index (χ4n) is 1.05. The Hall–Kier alpha value is -1.50. The SMILES string of the molecule is CCOC(=O)C(C)=C=Cc1ccc(Cl)cc1. The average Bonchev–Trinajstić information content (AvgIpc) is 2.28. The Bertz CT molecular complexity index is 426. The van der Waals surface area contributed by atoms with Gasteiger partial charge in [0, 0.05) is 5.02 Å². The monoisotopic (exact) mass is 236 g/mol. The smallest absolute Gasteiger partial charge is 0.341 e. The van der Waals surface area contributed by atoms with Gasteiger partial charge in [-0.05, 0) is 37.6 Å². The van der Waals surface area contributed by atoms with Crippen LogP contribution in [0.5, 0.6) is 0 Å². The summed E-state index contributed by atoms with van der Waals surface area (Å²) in [6, 6.07) is 7.28. The van der Waals surface area contributed by atoms with Gasteiger partial charge < -0.3 is 4.74 Å². The Morgan fingerprint density at radius 1 is 1.44 bits per heavy atom. The van der Waals surface area contributed by atoms with Gasteiger partial charge in [-0.3, -0.25) is 0 Å². The summed E-state index contributed by atoms with van der Waals surface area (Å²) in [5.74, 6) is -0.340. The summed E-state index contributed by atoms with van der Waals surface area (Å²) >= 11 is 5.75. The van der Waals surface area contributed by atoms with Gasteiger partial charge in [-0.1, -0.05) is 23.7 Å². The predicted molar refractivity (Wildman–Crippen MR) is 65.2 cm³/mol. The van der Waals surface area contributed by atoms with Crippen LogP contribution in [0.15, 0.2) is 35.6 Å². The van der Waals surface area contributed by atoms with Crippen molar-refractivity contribution in [2.75, 3.05) is 6.61 Å². The van der Waals surface area contributed by atoms with Gasteiger partial charge in [-0.15, -0.1) is 5.73 Å². The molecule has 0 spiro atoms. The third kappa shape index (κ3) is 3.93. The summed E-state index contributed by atoms with van der Waals surface area (Å²) in [7, 11) is 0. The van der Waals surface area contributed by atoms with E-state index in [4.69, 9.17) is 16.3 Å². The number of ether oxygens (including phenoxy) is 1. The van der Waals surface area contributed by atoms with Gasteiger partial charge in [-0.2, -0.15) is 0 Å². The molecule has 0 aliphatic rings. The summed E-state index contributed by atoms with van der Waals surface area (Å²) in [6.07, 6.45) is 1.72. The molecule has 1 aromatic carbocycles. The molecule has 0 saturated heterocycles. The second kappa shape index (κ2) is 6.16. The van der Waals surface area contributed by atoms with Gasteiger partial charge in [-0.25, -0.2) is 4.79 Å². The normalized spacial score (nSPS) is 9.19. The average molecular weight is 237 g/mol. The van der Waals surface area contributed by atoms with E-state index in [9.17, 15) is 4.79 Å². The number of esters is 1. The van der Waals surface area contributed by atoms with Crippen LogP contribution in [0.4, 0.5) is 0 Å². The van der Waals surface area contributed by atoms with E-state index in [0.717, 1.165) is 5.56 Å². The van der Waals surface area contributed by atoms with E-state index in [1.54, 1.807) is 32.1 Å². The van der Waals surface area contributed by atoms with E-state index in [0.29, 0.717) is 17.2 Å². The number of benzene rings is 1. The molecule has 84 valence electrons. The summed E-state index contributed by atoms with van der Waals surface area (Å²) in [6.45, 7) is 3.82. The minimum absolute atomic E-state index is 0.340. The van der Waals surface area contributed by atoms with Crippen molar-refractivity contribution in [2.45, 2.75) is 13.8 Å². The molecule has 0 aliphatic carbocycles. The molecule has 0 fully saturated rings. The van der Waals surface area contributed by atoms with Crippen LogP contribution in [0.25, 0.3) is 6.08 Å². The van der Waals surface area contributed by atoms with Crippen LogP contribution in [-0.2, 0) is 9.53 Å². The lowest BCUT2D eigenvalue weighted by atomic mass is 10.2. The van der Waals surface area contributed by atoms with Crippen molar-refractivity contribution in [3.05, 3.63) is 46.2 Å². The summed E-state index contributed by atoms with van der Waals surface area (Å²) in [5.41, 5.74) is 4.27. The van der Waals surface area contributed by atoms with Crippen LogP contribution >= 0.6 is 11.6 Å².